The summed E-state index contributed by atoms with van der Waals surface area (Å²) in [6, 6.07) is 21.4. The van der Waals surface area contributed by atoms with Gasteiger partial charge in [-0.05, 0) is 41.3 Å². The highest BCUT2D eigenvalue weighted by molar-refractivity contribution is 7.21. The maximum Gasteiger partial charge on any atom is 0.124 e. The zero-order valence-electron chi connectivity index (χ0n) is 14.1. The first-order chi connectivity index (χ1) is 13.3. The summed E-state index contributed by atoms with van der Waals surface area (Å²) in [7, 11) is 0. The van der Waals surface area contributed by atoms with Crippen molar-refractivity contribution < 1.29 is 0 Å². The Morgan fingerprint density at radius 2 is 1.78 bits per heavy atom. The molecule has 27 heavy (non-hydrogen) atoms. The van der Waals surface area contributed by atoms with E-state index in [0.29, 0.717) is 0 Å². The van der Waals surface area contributed by atoms with Gasteiger partial charge in [-0.1, -0.05) is 30.3 Å². The van der Waals surface area contributed by atoms with Crippen molar-refractivity contribution in [2.75, 3.05) is 0 Å². The Balaban J connectivity index is 1.48. The third-order valence-corrected chi connectivity index (χ3v) is 6.90. The molecule has 5 heteroatoms. The largest absolute Gasteiger partial charge is 0.278 e. The molecular weight excluding hydrogens is 370 g/mol. The van der Waals surface area contributed by atoms with E-state index in [1.807, 2.05) is 12.3 Å². The molecule has 3 aromatic carbocycles. The zero-order valence-corrected chi connectivity index (χ0v) is 15.8. The van der Waals surface area contributed by atoms with E-state index >= 15 is 0 Å². The molecule has 0 saturated heterocycles. The second kappa shape index (κ2) is 5.74. The van der Waals surface area contributed by atoms with Crippen molar-refractivity contribution in [3.8, 4) is 21.7 Å². The van der Waals surface area contributed by atoms with E-state index in [-0.39, 0.29) is 0 Å². The van der Waals surface area contributed by atoms with Gasteiger partial charge in [0.1, 0.15) is 5.01 Å². The minimum Gasteiger partial charge on any atom is -0.278 e. The first-order valence-corrected chi connectivity index (χ1v) is 10.4. The molecule has 0 aliphatic carbocycles. The van der Waals surface area contributed by atoms with Crippen LogP contribution in [0.2, 0.25) is 0 Å². The van der Waals surface area contributed by atoms with Crippen LogP contribution in [0.1, 0.15) is 0 Å². The molecule has 1 N–H and O–H groups in total. The van der Waals surface area contributed by atoms with Crippen molar-refractivity contribution in [3.05, 3.63) is 72.2 Å². The number of hydrogen-bond acceptors (Lipinski definition) is 4. The van der Waals surface area contributed by atoms with Crippen molar-refractivity contribution in [3.63, 3.8) is 0 Å². The Kier molecular flexibility index (Phi) is 3.21. The van der Waals surface area contributed by atoms with Crippen molar-refractivity contribution in [1.82, 2.24) is 15.2 Å². The highest BCUT2D eigenvalue weighted by Gasteiger charge is 2.11. The van der Waals surface area contributed by atoms with Crippen LogP contribution in [0, 0.1) is 0 Å². The molecule has 0 aliphatic heterocycles. The summed E-state index contributed by atoms with van der Waals surface area (Å²) in [5.41, 5.74) is 5.81. The lowest BCUT2D eigenvalue weighted by Crippen LogP contribution is -1.78. The van der Waals surface area contributed by atoms with E-state index in [0.717, 1.165) is 21.4 Å². The number of aromatic nitrogens is 3. The van der Waals surface area contributed by atoms with Crippen LogP contribution < -0.4 is 0 Å². The highest BCUT2D eigenvalue weighted by atomic mass is 32.1. The van der Waals surface area contributed by atoms with E-state index in [4.69, 9.17) is 4.98 Å². The SMILES string of the molecule is c1ccc2sc(-c3ccc4c(-c5ccc6[nH]ncc6c5)csc4c3)nc2c1. The van der Waals surface area contributed by atoms with Gasteiger partial charge in [-0.15, -0.1) is 22.7 Å². The smallest absolute Gasteiger partial charge is 0.124 e. The van der Waals surface area contributed by atoms with Gasteiger partial charge in [0.25, 0.3) is 0 Å². The van der Waals surface area contributed by atoms with Crippen molar-refractivity contribution in [2.24, 2.45) is 0 Å². The molecule has 6 aromatic rings. The lowest BCUT2D eigenvalue weighted by molar-refractivity contribution is 1.12. The lowest BCUT2D eigenvalue weighted by Gasteiger charge is -2.02. The number of nitrogens with zero attached hydrogens (tertiary/aromatic N) is 2. The van der Waals surface area contributed by atoms with Crippen LogP contribution in [0.25, 0.3) is 52.9 Å². The first kappa shape index (κ1) is 15.1. The number of hydrogen-bond donors (Lipinski definition) is 1. The summed E-state index contributed by atoms with van der Waals surface area (Å²) in [6.07, 6.45) is 1.87. The van der Waals surface area contributed by atoms with Gasteiger partial charge in [0, 0.05) is 26.6 Å². The van der Waals surface area contributed by atoms with Gasteiger partial charge in [0.05, 0.1) is 21.9 Å². The van der Waals surface area contributed by atoms with Crippen LogP contribution in [0.3, 0.4) is 0 Å². The van der Waals surface area contributed by atoms with Crippen LogP contribution in [0.5, 0.6) is 0 Å². The van der Waals surface area contributed by atoms with Crippen LogP contribution >= 0.6 is 22.7 Å². The van der Waals surface area contributed by atoms with Crippen LogP contribution in [0.4, 0.5) is 0 Å². The number of nitrogens with one attached hydrogen (secondary N) is 1. The van der Waals surface area contributed by atoms with Gasteiger partial charge in [-0.3, -0.25) is 5.10 Å². The third kappa shape index (κ3) is 2.40. The number of H-pyrrole nitrogens is 1. The Labute approximate surface area is 162 Å². The predicted molar refractivity (Wildman–Crippen MR) is 116 cm³/mol. The molecule has 0 spiro atoms. The quantitative estimate of drug-likeness (QED) is 0.360. The monoisotopic (exact) mass is 383 g/mol. The summed E-state index contributed by atoms with van der Waals surface area (Å²) < 4.78 is 2.52. The number of rotatable bonds is 2. The topological polar surface area (TPSA) is 41.6 Å². The fourth-order valence-corrected chi connectivity index (χ4v) is 5.46. The molecule has 0 radical (unpaired) electrons. The summed E-state index contributed by atoms with van der Waals surface area (Å²) in [6.45, 7) is 0. The summed E-state index contributed by atoms with van der Waals surface area (Å²) >= 11 is 3.53. The molecule has 0 fully saturated rings. The van der Waals surface area contributed by atoms with E-state index in [1.54, 1.807) is 22.7 Å². The fourth-order valence-electron chi connectivity index (χ4n) is 3.49. The molecule has 0 aliphatic rings. The normalized spacial score (nSPS) is 11.7. The molecule has 0 atom stereocenters. The molecule has 6 rings (SSSR count). The molecule has 3 aromatic heterocycles. The van der Waals surface area contributed by atoms with Gasteiger partial charge in [-0.2, -0.15) is 5.10 Å². The maximum absolute atomic E-state index is 4.80. The van der Waals surface area contributed by atoms with E-state index in [9.17, 15) is 0 Å². The standard InChI is InChI=1S/C22H13N3S2/c1-2-4-20-19(3-1)24-22(27-20)14-5-7-16-17(12-26-21(16)10-14)13-6-8-18-15(9-13)11-23-25-18/h1-12H,(H,23,25). The van der Waals surface area contributed by atoms with Crippen LogP contribution in [-0.2, 0) is 0 Å². The van der Waals surface area contributed by atoms with Crippen molar-refractivity contribution in [2.45, 2.75) is 0 Å². The van der Waals surface area contributed by atoms with E-state index < -0.39 is 0 Å². The van der Waals surface area contributed by atoms with E-state index in [1.165, 1.54) is 31.5 Å². The Morgan fingerprint density at radius 1 is 0.852 bits per heavy atom. The van der Waals surface area contributed by atoms with Gasteiger partial charge in [0.2, 0.25) is 0 Å². The fraction of sp³-hybridized carbons (Fsp3) is 0. The van der Waals surface area contributed by atoms with Gasteiger partial charge in [-0.25, -0.2) is 4.98 Å². The van der Waals surface area contributed by atoms with Crippen LogP contribution in [0.15, 0.2) is 72.2 Å². The molecule has 0 unspecified atom stereocenters. The van der Waals surface area contributed by atoms with Gasteiger partial charge < -0.3 is 0 Å². The van der Waals surface area contributed by atoms with Crippen molar-refractivity contribution in [1.29, 1.82) is 0 Å². The molecule has 0 bridgehead atoms. The Morgan fingerprint density at radius 3 is 2.74 bits per heavy atom. The molecule has 0 saturated carbocycles. The maximum atomic E-state index is 4.80. The van der Waals surface area contributed by atoms with Gasteiger partial charge in [0.15, 0.2) is 0 Å². The minimum absolute atomic E-state index is 1.07. The summed E-state index contributed by atoms with van der Waals surface area (Å²) in [4.78, 5) is 4.80. The molecule has 0 amide bonds. The number of para-hydroxylation sites is 1. The first-order valence-electron chi connectivity index (χ1n) is 8.66. The summed E-state index contributed by atoms with van der Waals surface area (Å²) in [5, 5.41) is 12.9. The molecule has 3 heterocycles. The second-order valence-electron chi connectivity index (χ2n) is 6.52. The van der Waals surface area contributed by atoms with Gasteiger partial charge >= 0.3 is 0 Å². The third-order valence-electron chi connectivity index (χ3n) is 4.87. The molecule has 3 nitrogen and oxygen atoms in total. The highest BCUT2D eigenvalue weighted by Crippen LogP contribution is 2.38. The Bertz CT molecular complexity index is 1410. The van der Waals surface area contributed by atoms with Crippen molar-refractivity contribution >= 4 is 53.9 Å². The lowest BCUT2D eigenvalue weighted by atomic mass is 10.0. The number of thiophene rings is 1. The second-order valence-corrected chi connectivity index (χ2v) is 8.46. The number of benzene rings is 3. The number of thiazole rings is 1. The zero-order chi connectivity index (χ0) is 17.8. The summed E-state index contributed by atoms with van der Waals surface area (Å²) in [5.74, 6) is 0. The molecular formula is C22H13N3S2. The average Bonchev–Trinajstić information content (AvgIpc) is 3.43. The van der Waals surface area contributed by atoms with E-state index in [2.05, 4.69) is 70.2 Å². The van der Waals surface area contributed by atoms with Crippen LogP contribution in [-0.4, -0.2) is 15.2 Å². The number of aromatic amines is 1. The minimum atomic E-state index is 1.07. The number of fused-ring (bicyclic) bond motifs is 3. The average molecular weight is 384 g/mol. The predicted octanol–water partition coefficient (Wildman–Crippen LogP) is 6.72. The Hall–Kier alpha value is -3.02. The molecule has 128 valence electrons.